The summed E-state index contributed by atoms with van der Waals surface area (Å²) in [4.78, 5) is 12.0. The maximum atomic E-state index is 12.0. The summed E-state index contributed by atoms with van der Waals surface area (Å²) in [5, 5.41) is 0. The molecule has 1 aromatic rings. The standard InChI is InChI=1S/C17H25NO2/c1-12-4-3-5-16(10-12)20-17(19)11-13(2)14-6-8-15(18)9-7-14/h6-9,12-13,16H,3-5,10-11,18H2,1-2H3. The molecule has 0 saturated heterocycles. The minimum absolute atomic E-state index is 0.0755. The van der Waals surface area contributed by atoms with E-state index in [4.69, 9.17) is 10.5 Å². The lowest BCUT2D eigenvalue weighted by atomic mass is 9.88. The van der Waals surface area contributed by atoms with Gasteiger partial charge in [0.25, 0.3) is 0 Å². The summed E-state index contributed by atoms with van der Waals surface area (Å²) in [5.74, 6) is 0.772. The van der Waals surface area contributed by atoms with Gasteiger partial charge in [-0.3, -0.25) is 4.79 Å². The largest absolute Gasteiger partial charge is 0.462 e. The summed E-state index contributed by atoms with van der Waals surface area (Å²) in [5.41, 5.74) is 7.56. The molecule has 3 nitrogen and oxygen atoms in total. The van der Waals surface area contributed by atoms with E-state index < -0.39 is 0 Å². The number of esters is 1. The Morgan fingerprint density at radius 2 is 2.05 bits per heavy atom. The third-order valence-electron chi connectivity index (χ3n) is 4.16. The number of hydrogen-bond donors (Lipinski definition) is 1. The van der Waals surface area contributed by atoms with Crippen molar-refractivity contribution in [1.29, 1.82) is 0 Å². The number of carbonyl (C=O) groups is 1. The Kier molecular flexibility index (Phi) is 5.05. The van der Waals surface area contributed by atoms with Crippen molar-refractivity contribution >= 4 is 11.7 Å². The fraction of sp³-hybridized carbons (Fsp3) is 0.588. The number of carbonyl (C=O) groups excluding carboxylic acids is 1. The lowest BCUT2D eigenvalue weighted by molar-refractivity contribution is -0.151. The van der Waals surface area contributed by atoms with Crippen molar-refractivity contribution in [3.63, 3.8) is 0 Å². The van der Waals surface area contributed by atoms with Gasteiger partial charge in [-0.2, -0.15) is 0 Å². The molecule has 1 fully saturated rings. The predicted octanol–water partition coefficient (Wildman–Crippen LogP) is 3.88. The van der Waals surface area contributed by atoms with Crippen molar-refractivity contribution in [3.8, 4) is 0 Å². The Hall–Kier alpha value is -1.51. The van der Waals surface area contributed by atoms with E-state index in [0.29, 0.717) is 12.3 Å². The molecule has 0 aliphatic heterocycles. The highest BCUT2D eigenvalue weighted by Gasteiger charge is 2.23. The maximum absolute atomic E-state index is 12.0. The summed E-state index contributed by atoms with van der Waals surface area (Å²) in [7, 11) is 0. The maximum Gasteiger partial charge on any atom is 0.306 e. The van der Waals surface area contributed by atoms with Crippen molar-refractivity contribution < 1.29 is 9.53 Å². The van der Waals surface area contributed by atoms with Gasteiger partial charge in [-0.15, -0.1) is 0 Å². The van der Waals surface area contributed by atoms with Crippen LogP contribution >= 0.6 is 0 Å². The Morgan fingerprint density at radius 3 is 2.70 bits per heavy atom. The van der Waals surface area contributed by atoms with E-state index in [0.717, 1.165) is 24.1 Å². The molecular weight excluding hydrogens is 250 g/mol. The molecule has 2 rings (SSSR count). The molecule has 1 aliphatic rings. The van der Waals surface area contributed by atoms with Gasteiger partial charge in [0.05, 0.1) is 6.42 Å². The predicted molar refractivity (Wildman–Crippen MR) is 81.4 cm³/mol. The van der Waals surface area contributed by atoms with E-state index in [-0.39, 0.29) is 18.0 Å². The second-order valence-corrected chi connectivity index (χ2v) is 6.16. The van der Waals surface area contributed by atoms with Crippen LogP contribution in [0.2, 0.25) is 0 Å². The molecule has 0 heterocycles. The third-order valence-corrected chi connectivity index (χ3v) is 4.16. The van der Waals surface area contributed by atoms with Crippen molar-refractivity contribution in [2.45, 2.75) is 58.0 Å². The number of nitrogens with two attached hydrogens (primary N) is 1. The van der Waals surface area contributed by atoms with Crippen molar-refractivity contribution in [1.82, 2.24) is 0 Å². The van der Waals surface area contributed by atoms with Crippen LogP contribution in [0.1, 0.15) is 57.4 Å². The normalized spacial score (nSPS) is 24.1. The second kappa shape index (κ2) is 6.78. The molecule has 3 heteroatoms. The van der Waals surface area contributed by atoms with E-state index >= 15 is 0 Å². The SMILES string of the molecule is CC1CCCC(OC(=O)CC(C)c2ccc(N)cc2)C1. The summed E-state index contributed by atoms with van der Waals surface area (Å²) >= 11 is 0. The zero-order valence-electron chi connectivity index (χ0n) is 12.5. The number of hydrogen-bond acceptors (Lipinski definition) is 3. The summed E-state index contributed by atoms with van der Waals surface area (Å²) in [6.07, 6.45) is 5.04. The molecule has 0 radical (unpaired) electrons. The summed E-state index contributed by atoms with van der Waals surface area (Å²) in [6.45, 7) is 4.28. The van der Waals surface area contributed by atoms with Gasteiger partial charge in [0.15, 0.2) is 0 Å². The third kappa shape index (κ3) is 4.26. The van der Waals surface area contributed by atoms with Gasteiger partial charge in [-0.25, -0.2) is 0 Å². The second-order valence-electron chi connectivity index (χ2n) is 6.16. The van der Waals surface area contributed by atoms with Gasteiger partial charge in [0.2, 0.25) is 0 Å². The first-order valence-corrected chi connectivity index (χ1v) is 7.59. The first kappa shape index (κ1) is 14.9. The number of nitrogen functional groups attached to an aromatic ring is 1. The molecule has 0 aromatic heterocycles. The number of anilines is 1. The van der Waals surface area contributed by atoms with E-state index in [1.54, 1.807) is 0 Å². The van der Waals surface area contributed by atoms with E-state index in [1.807, 2.05) is 24.3 Å². The van der Waals surface area contributed by atoms with E-state index in [2.05, 4.69) is 13.8 Å². The van der Waals surface area contributed by atoms with Crippen LogP contribution < -0.4 is 5.73 Å². The average Bonchev–Trinajstić information content (AvgIpc) is 2.39. The number of rotatable bonds is 4. The molecular formula is C17H25NO2. The molecule has 0 bridgehead atoms. The highest BCUT2D eigenvalue weighted by Crippen LogP contribution is 2.27. The van der Waals surface area contributed by atoms with E-state index in [1.165, 1.54) is 12.8 Å². The highest BCUT2D eigenvalue weighted by atomic mass is 16.5. The van der Waals surface area contributed by atoms with Crippen LogP contribution in [0.5, 0.6) is 0 Å². The molecule has 0 amide bonds. The fourth-order valence-electron chi connectivity index (χ4n) is 2.91. The van der Waals surface area contributed by atoms with E-state index in [9.17, 15) is 4.79 Å². The molecule has 110 valence electrons. The van der Waals surface area contributed by atoms with Crippen molar-refractivity contribution in [2.24, 2.45) is 5.92 Å². The number of benzene rings is 1. The topological polar surface area (TPSA) is 52.3 Å². The molecule has 1 saturated carbocycles. The monoisotopic (exact) mass is 275 g/mol. The molecule has 3 unspecified atom stereocenters. The quantitative estimate of drug-likeness (QED) is 0.670. The summed E-state index contributed by atoms with van der Waals surface area (Å²) in [6, 6.07) is 7.71. The van der Waals surface area contributed by atoms with Crippen LogP contribution in [0.15, 0.2) is 24.3 Å². The molecule has 0 spiro atoms. The highest BCUT2D eigenvalue weighted by molar-refractivity contribution is 5.70. The molecule has 3 atom stereocenters. The molecule has 1 aliphatic carbocycles. The Labute approximate surface area is 121 Å². The number of ether oxygens (including phenoxy) is 1. The first-order chi connectivity index (χ1) is 9.54. The van der Waals surface area contributed by atoms with Gasteiger partial charge in [-0.05, 0) is 48.8 Å². The Bertz CT molecular complexity index is 441. The average molecular weight is 275 g/mol. The van der Waals surface area contributed by atoms with Gasteiger partial charge in [0, 0.05) is 5.69 Å². The van der Waals surface area contributed by atoms with Crippen LogP contribution in [-0.2, 0) is 9.53 Å². The van der Waals surface area contributed by atoms with Gasteiger partial charge in [0.1, 0.15) is 6.10 Å². The zero-order valence-corrected chi connectivity index (χ0v) is 12.5. The summed E-state index contributed by atoms with van der Waals surface area (Å²) < 4.78 is 5.61. The zero-order chi connectivity index (χ0) is 14.5. The van der Waals surface area contributed by atoms with Crippen LogP contribution in [0, 0.1) is 5.92 Å². The van der Waals surface area contributed by atoms with Gasteiger partial charge < -0.3 is 10.5 Å². The molecule has 1 aromatic carbocycles. The Morgan fingerprint density at radius 1 is 1.35 bits per heavy atom. The first-order valence-electron chi connectivity index (χ1n) is 7.59. The van der Waals surface area contributed by atoms with Gasteiger partial charge in [-0.1, -0.05) is 32.4 Å². The minimum atomic E-state index is -0.0755. The van der Waals surface area contributed by atoms with Crippen molar-refractivity contribution in [2.75, 3.05) is 5.73 Å². The Balaban J connectivity index is 1.83. The molecule has 2 N–H and O–H groups in total. The van der Waals surface area contributed by atoms with Crippen LogP contribution in [0.3, 0.4) is 0 Å². The minimum Gasteiger partial charge on any atom is -0.462 e. The smallest absolute Gasteiger partial charge is 0.306 e. The van der Waals surface area contributed by atoms with Gasteiger partial charge >= 0.3 is 5.97 Å². The van der Waals surface area contributed by atoms with Crippen LogP contribution in [0.25, 0.3) is 0 Å². The molecule has 20 heavy (non-hydrogen) atoms. The van der Waals surface area contributed by atoms with Crippen molar-refractivity contribution in [3.05, 3.63) is 29.8 Å². The van der Waals surface area contributed by atoms with Crippen LogP contribution in [0.4, 0.5) is 5.69 Å². The lowest BCUT2D eigenvalue weighted by Crippen LogP contribution is -2.25. The van der Waals surface area contributed by atoms with Crippen LogP contribution in [-0.4, -0.2) is 12.1 Å². The lowest BCUT2D eigenvalue weighted by Gasteiger charge is -2.27. The fourth-order valence-corrected chi connectivity index (χ4v) is 2.91.